The fourth-order valence-corrected chi connectivity index (χ4v) is 4.97. The minimum atomic E-state index is -3.68. The van der Waals surface area contributed by atoms with E-state index in [0.717, 1.165) is 0 Å². The quantitative estimate of drug-likeness (QED) is 0.810. The summed E-state index contributed by atoms with van der Waals surface area (Å²) in [6, 6.07) is 5.79. The summed E-state index contributed by atoms with van der Waals surface area (Å²) in [7, 11) is -3.68. The second kappa shape index (κ2) is 7.51. The summed E-state index contributed by atoms with van der Waals surface area (Å²) >= 11 is 0. The van der Waals surface area contributed by atoms with Crippen molar-refractivity contribution in [1.29, 1.82) is 0 Å². The van der Waals surface area contributed by atoms with Crippen molar-refractivity contribution < 1.29 is 32.5 Å². The maximum Gasteiger partial charge on any atom is 0.341 e. The molecule has 0 saturated carbocycles. The van der Waals surface area contributed by atoms with Crippen molar-refractivity contribution in [1.82, 2.24) is 4.31 Å². The summed E-state index contributed by atoms with van der Waals surface area (Å²) in [5.41, 5.74) is -0.493. The van der Waals surface area contributed by atoms with Crippen LogP contribution in [-0.4, -0.2) is 68.4 Å². The molecule has 0 bridgehead atoms. The Morgan fingerprint density at radius 3 is 2.58 bits per heavy atom. The van der Waals surface area contributed by atoms with Crippen molar-refractivity contribution in [2.24, 2.45) is 0 Å². The van der Waals surface area contributed by atoms with Gasteiger partial charge in [0.15, 0.2) is 6.61 Å². The molecule has 0 amide bonds. The number of nitrogens with zero attached hydrogens (tertiary/aromatic N) is 1. The number of hydrogen-bond acceptors (Lipinski definition) is 6. The predicted octanol–water partition coefficient (Wildman–Crippen LogP) is 1.11. The molecule has 1 atom stereocenters. The van der Waals surface area contributed by atoms with Crippen molar-refractivity contribution in [2.45, 2.75) is 36.4 Å². The van der Waals surface area contributed by atoms with E-state index >= 15 is 0 Å². The number of morpholine rings is 1. The second-order valence-corrected chi connectivity index (χ2v) is 8.61. The summed E-state index contributed by atoms with van der Waals surface area (Å²) in [4.78, 5) is 10.7. The van der Waals surface area contributed by atoms with Crippen LogP contribution < -0.4 is 4.74 Å². The first-order valence-corrected chi connectivity index (χ1v) is 9.95. The van der Waals surface area contributed by atoms with Gasteiger partial charge in [-0.2, -0.15) is 4.31 Å². The lowest BCUT2D eigenvalue weighted by molar-refractivity contribution is -0.170. The Kier molecular flexibility index (Phi) is 5.52. The molecule has 0 aromatic heterocycles. The van der Waals surface area contributed by atoms with Gasteiger partial charge in [0.2, 0.25) is 10.0 Å². The summed E-state index contributed by atoms with van der Waals surface area (Å²) in [6.07, 6.45) is 1.14. The second-order valence-electron chi connectivity index (χ2n) is 6.68. The number of carboxylic acid groups (broad SMARTS) is 1. The van der Waals surface area contributed by atoms with E-state index < -0.39 is 28.2 Å². The molecule has 2 aliphatic heterocycles. The van der Waals surface area contributed by atoms with Crippen LogP contribution in [0.3, 0.4) is 0 Å². The topological polar surface area (TPSA) is 102 Å². The molecular weight excluding hydrogens is 362 g/mol. The Balaban J connectivity index is 1.77. The largest absolute Gasteiger partial charge is 0.482 e. The number of aliphatic carboxylic acids is 1. The van der Waals surface area contributed by atoms with Crippen LogP contribution in [0.25, 0.3) is 0 Å². The van der Waals surface area contributed by atoms with E-state index in [2.05, 4.69) is 0 Å². The van der Waals surface area contributed by atoms with E-state index in [1.54, 1.807) is 0 Å². The lowest BCUT2D eigenvalue weighted by Gasteiger charge is -2.46. The molecule has 1 aromatic carbocycles. The fraction of sp³-hybridized carbons (Fsp3) is 0.588. The van der Waals surface area contributed by atoms with Crippen LogP contribution in [0.15, 0.2) is 29.2 Å². The monoisotopic (exact) mass is 385 g/mol. The molecule has 1 spiro atoms. The van der Waals surface area contributed by atoms with Crippen LogP contribution in [0.4, 0.5) is 0 Å². The van der Waals surface area contributed by atoms with Gasteiger partial charge in [-0.1, -0.05) is 0 Å². The molecule has 2 aliphatic rings. The summed E-state index contributed by atoms with van der Waals surface area (Å²) in [5.74, 6) is -0.784. The smallest absolute Gasteiger partial charge is 0.341 e. The number of carboxylic acids is 1. The number of hydrogen-bond donors (Lipinski definition) is 1. The molecular formula is C17H23NO7S. The van der Waals surface area contributed by atoms with Crippen LogP contribution in [0.5, 0.6) is 5.75 Å². The van der Waals surface area contributed by atoms with Gasteiger partial charge < -0.3 is 19.3 Å². The lowest BCUT2D eigenvalue weighted by atomic mass is 9.92. The van der Waals surface area contributed by atoms with Gasteiger partial charge in [-0.15, -0.1) is 0 Å². The van der Waals surface area contributed by atoms with Gasteiger partial charge in [-0.25, -0.2) is 13.2 Å². The van der Waals surface area contributed by atoms with Gasteiger partial charge in [-0.3, -0.25) is 0 Å². The molecule has 1 unspecified atom stereocenters. The highest BCUT2D eigenvalue weighted by molar-refractivity contribution is 7.89. The molecule has 1 N–H and O–H groups in total. The van der Waals surface area contributed by atoms with E-state index in [-0.39, 0.29) is 11.0 Å². The van der Waals surface area contributed by atoms with Crippen molar-refractivity contribution in [3.8, 4) is 5.75 Å². The number of carbonyl (C=O) groups is 1. The van der Waals surface area contributed by atoms with E-state index in [0.29, 0.717) is 44.9 Å². The highest BCUT2D eigenvalue weighted by atomic mass is 32.2. The molecule has 2 heterocycles. The third kappa shape index (κ3) is 4.17. The van der Waals surface area contributed by atoms with Gasteiger partial charge in [0.05, 0.1) is 16.6 Å². The Morgan fingerprint density at radius 2 is 1.96 bits per heavy atom. The maximum absolute atomic E-state index is 13.0. The first kappa shape index (κ1) is 19.1. The highest BCUT2D eigenvalue weighted by Gasteiger charge is 2.44. The summed E-state index contributed by atoms with van der Waals surface area (Å²) < 4.78 is 44.1. The number of sulfonamides is 1. The van der Waals surface area contributed by atoms with Crippen LogP contribution in [0.1, 0.15) is 19.8 Å². The normalized spacial score (nSPS) is 23.7. The minimum Gasteiger partial charge on any atom is -0.482 e. The van der Waals surface area contributed by atoms with Gasteiger partial charge in [0.25, 0.3) is 0 Å². The van der Waals surface area contributed by atoms with Gasteiger partial charge in [-0.05, 0) is 31.2 Å². The molecule has 0 aliphatic carbocycles. The number of benzene rings is 1. The standard InChI is InChI=1S/C17H23NO7S/c1-13-10-18(12-17(25-13)6-8-23-9-7-17)26(21,22)15-4-2-14(3-5-15)24-11-16(19)20/h2-5,13H,6-12H2,1H3,(H,19,20). The Bertz CT molecular complexity index is 741. The lowest BCUT2D eigenvalue weighted by Crippen LogP contribution is -2.58. The third-order valence-electron chi connectivity index (χ3n) is 4.60. The van der Waals surface area contributed by atoms with Crippen molar-refractivity contribution >= 4 is 16.0 Å². The molecule has 2 saturated heterocycles. The Morgan fingerprint density at radius 1 is 1.31 bits per heavy atom. The van der Waals surface area contributed by atoms with Gasteiger partial charge in [0, 0.05) is 39.1 Å². The average Bonchev–Trinajstić information content (AvgIpc) is 2.60. The van der Waals surface area contributed by atoms with Gasteiger partial charge >= 0.3 is 5.97 Å². The molecule has 0 radical (unpaired) electrons. The van der Waals surface area contributed by atoms with E-state index in [1.165, 1.54) is 28.6 Å². The van der Waals surface area contributed by atoms with E-state index in [1.807, 2.05) is 6.92 Å². The van der Waals surface area contributed by atoms with Gasteiger partial charge in [0.1, 0.15) is 5.75 Å². The van der Waals surface area contributed by atoms with Crippen LogP contribution in [0, 0.1) is 0 Å². The van der Waals surface area contributed by atoms with Crippen molar-refractivity contribution in [3.63, 3.8) is 0 Å². The number of ether oxygens (including phenoxy) is 3. The minimum absolute atomic E-state index is 0.150. The summed E-state index contributed by atoms with van der Waals surface area (Å²) in [5, 5.41) is 8.63. The van der Waals surface area contributed by atoms with Crippen molar-refractivity contribution in [2.75, 3.05) is 32.9 Å². The Labute approximate surface area is 152 Å². The molecule has 3 rings (SSSR count). The van der Waals surface area contributed by atoms with Crippen LogP contribution in [0.2, 0.25) is 0 Å². The van der Waals surface area contributed by atoms with E-state index in [9.17, 15) is 13.2 Å². The Hall–Kier alpha value is -1.68. The summed E-state index contributed by atoms with van der Waals surface area (Å²) in [6.45, 7) is 3.13. The SMILES string of the molecule is CC1CN(S(=O)(=O)c2ccc(OCC(=O)O)cc2)CC2(CCOCC2)O1. The first-order valence-electron chi connectivity index (χ1n) is 8.51. The molecule has 144 valence electrons. The molecule has 1 aromatic rings. The van der Waals surface area contributed by atoms with Crippen LogP contribution in [-0.2, 0) is 24.3 Å². The zero-order valence-corrected chi connectivity index (χ0v) is 15.4. The average molecular weight is 385 g/mol. The molecule has 2 fully saturated rings. The highest BCUT2D eigenvalue weighted by Crippen LogP contribution is 2.34. The first-order chi connectivity index (χ1) is 12.3. The van der Waals surface area contributed by atoms with Crippen molar-refractivity contribution in [3.05, 3.63) is 24.3 Å². The molecule has 8 nitrogen and oxygen atoms in total. The number of rotatable bonds is 5. The zero-order chi connectivity index (χ0) is 18.8. The maximum atomic E-state index is 13.0. The van der Waals surface area contributed by atoms with Crippen LogP contribution >= 0.6 is 0 Å². The third-order valence-corrected chi connectivity index (χ3v) is 6.43. The zero-order valence-electron chi connectivity index (χ0n) is 14.6. The van der Waals surface area contributed by atoms with E-state index in [4.69, 9.17) is 19.3 Å². The molecule has 26 heavy (non-hydrogen) atoms. The molecule has 9 heteroatoms. The predicted molar refractivity (Wildman–Crippen MR) is 91.7 cm³/mol. The fourth-order valence-electron chi connectivity index (χ4n) is 3.38.